The highest BCUT2D eigenvalue weighted by Gasteiger charge is 2.21. The van der Waals surface area contributed by atoms with E-state index in [0.717, 1.165) is 27.0 Å². The summed E-state index contributed by atoms with van der Waals surface area (Å²) in [5.74, 6) is 0.789. The molecule has 0 unspecified atom stereocenters. The zero-order chi connectivity index (χ0) is 19.5. The van der Waals surface area contributed by atoms with Gasteiger partial charge in [0, 0.05) is 33.9 Å². The summed E-state index contributed by atoms with van der Waals surface area (Å²) < 4.78 is 0.964. The van der Waals surface area contributed by atoms with Gasteiger partial charge in [-0.1, -0.05) is 48.0 Å². The van der Waals surface area contributed by atoms with Crippen LogP contribution in [0.15, 0.2) is 87.4 Å². The smallest absolute Gasteiger partial charge is 0.271 e. The second-order valence-corrected chi connectivity index (χ2v) is 7.61. The van der Waals surface area contributed by atoms with E-state index in [2.05, 4.69) is 25.9 Å². The van der Waals surface area contributed by atoms with Crippen molar-refractivity contribution in [2.45, 2.75) is 6.54 Å². The standard InChI is InChI=1S/C22H15BrClN3O/c23-17-8-11-20-25-22(19-4-2-1-3-16(19)13-27(20)14-17)26-21(28)12-7-15-5-9-18(24)10-6-15/h1-12,14H,13H2/b12-7+,26-22?. The number of hydrogen-bond acceptors (Lipinski definition) is 2. The molecule has 2 aromatic carbocycles. The molecule has 0 saturated heterocycles. The molecule has 0 radical (unpaired) electrons. The zero-order valence-corrected chi connectivity index (χ0v) is 17.1. The summed E-state index contributed by atoms with van der Waals surface area (Å²) in [6.07, 6.45) is 8.95. The van der Waals surface area contributed by atoms with Crippen molar-refractivity contribution in [2.24, 2.45) is 9.98 Å². The Labute approximate surface area is 176 Å². The zero-order valence-electron chi connectivity index (χ0n) is 14.7. The minimum atomic E-state index is -0.367. The number of allylic oxidation sites excluding steroid dienone is 2. The van der Waals surface area contributed by atoms with Crippen molar-refractivity contribution in [1.29, 1.82) is 0 Å². The van der Waals surface area contributed by atoms with Crippen molar-refractivity contribution >= 4 is 51.2 Å². The summed E-state index contributed by atoms with van der Waals surface area (Å²) in [5, 5.41) is 0.653. The summed E-state index contributed by atoms with van der Waals surface area (Å²) in [4.78, 5) is 23.4. The number of hydrogen-bond donors (Lipinski definition) is 0. The van der Waals surface area contributed by atoms with E-state index in [0.29, 0.717) is 17.4 Å². The highest BCUT2D eigenvalue weighted by Crippen LogP contribution is 2.23. The molecule has 0 aliphatic carbocycles. The number of benzene rings is 2. The van der Waals surface area contributed by atoms with Crippen LogP contribution >= 0.6 is 27.5 Å². The molecule has 0 fully saturated rings. The maximum Gasteiger partial charge on any atom is 0.271 e. The van der Waals surface area contributed by atoms with Gasteiger partial charge in [-0.05, 0) is 57.4 Å². The first-order chi connectivity index (χ1) is 13.6. The van der Waals surface area contributed by atoms with E-state index in [1.54, 1.807) is 18.2 Å². The average Bonchev–Trinajstić information content (AvgIpc) is 2.84. The Bertz CT molecular complexity index is 1080. The molecule has 1 amide bonds. The molecule has 2 aliphatic rings. The van der Waals surface area contributed by atoms with E-state index in [1.165, 1.54) is 6.08 Å². The molecular formula is C22H15BrClN3O. The van der Waals surface area contributed by atoms with Crippen LogP contribution in [0.2, 0.25) is 5.02 Å². The predicted molar refractivity (Wildman–Crippen MR) is 118 cm³/mol. The Kier molecular flexibility index (Phi) is 5.37. The van der Waals surface area contributed by atoms with Crippen LogP contribution in [-0.2, 0) is 11.3 Å². The lowest BCUT2D eigenvalue weighted by molar-refractivity contribution is -0.113. The van der Waals surface area contributed by atoms with Gasteiger partial charge in [0.1, 0.15) is 5.84 Å². The first kappa shape index (κ1) is 18.6. The maximum absolute atomic E-state index is 12.5. The molecule has 0 N–H and O–H groups in total. The number of aliphatic imine (C=N–C) groups is 2. The summed E-state index contributed by atoms with van der Waals surface area (Å²) in [7, 11) is 0. The van der Waals surface area contributed by atoms with Crippen LogP contribution in [0.5, 0.6) is 0 Å². The monoisotopic (exact) mass is 451 g/mol. The third-order valence-corrected chi connectivity index (χ3v) is 5.01. The van der Waals surface area contributed by atoms with Crippen LogP contribution < -0.4 is 0 Å². The molecule has 0 spiro atoms. The predicted octanol–water partition coefficient (Wildman–Crippen LogP) is 5.35. The number of carbonyl (C=O) groups excluding carboxylic acids is 1. The Balaban J connectivity index is 1.68. The van der Waals surface area contributed by atoms with Crippen LogP contribution in [0.4, 0.5) is 0 Å². The number of carbonyl (C=O) groups is 1. The second kappa shape index (κ2) is 8.09. The van der Waals surface area contributed by atoms with Gasteiger partial charge in [-0.3, -0.25) is 4.79 Å². The van der Waals surface area contributed by atoms with Gasteiger partial charge in [-0.25, -0.2) is 4.99 Å². The van der Waals surface area contributed by atoms with Crippen molar-refractivity contribution in [2.75, 3.05) is 0 Å². The highest BCUT2D eigenvalue weighted by molar-refractivity contribution is 9.11. The Morgan fingerprint density at radius 3 is 2.75 bits per heavy atom. The third kappa shape index (κ3) is 4.21. The van der Waals surface area contributed by atoms with Crippen LogP contribution in [0, 0.1) is 0 Å². The lowest BCUT2D eigenvalue weighted by Gasteiger charge is -2.21. The second-order valence-electron chi connectivity index (χ2n) is 6.26. The van der Waals surface area contributed by atoms with E-state index in [4.69, 9.17) is 11.6 Å². The topological polar surface area (TPSA) is 45.0 Å². The number of nitrogens with zero attached hydrogens (tertiary/aromatic N) is 3. The summed E-state index contributed by atoms with van der Waals surface area (Å²) in [6, 6.07) is 15.1. The highest BCUT2D eigenvalue weighted by atomic mass is 79.9. The molecule has 138 valence electrons. The van der Waals surface area contributed by atoms with E-state index in [-0.39, 0.29) is 5.91 Å². The molecule has 2 heterocycles. The van der Waals surface area contributed by atoms with Crippen LogP contribution in [0.1, 0.15) is 16.7 Å². The minimum absolute atomic E-state index is 0.367. The first-order valence-electron chi connectivity index (χ1n) is 8.64. The van der Waals surface area contributed by atoms with Crippen molar-refractivity contribution in [3.8, 4) is 0 Å². The van der Waals surface area contributed by atoms with Crippen LogP contribution in [0.3, 0.4) is 0 Å². The molecule has 4 nitrogen and oxygen atoms in total. The Morgan fingerprint density at radius 1 is 1.14 bits per heavy atom. The van der Waals surface area contributed by atoms with Crippen molar-refractivity contribution in [3.05, 3.63) is 99.2 Å². The van der Waals surface area contributed by atoms with Gasteiger partial charge < -0.3 is 4.90 Å². The molecule has 0 aromatic heterocycles. The average molecular weight is 453 g/mol. The molecule has 2 aromatic rings. The van der Waals surface area contributed by atoms with Crippen LogP contribution in [-0.4, -0.2) is 22.5 Å². The number of amides is 1. The fraction of sp³-hybridized carbons (Fsp3) is 0.0455. The van der Waals surface area contributed by atoms with Gasteiger partial charge in [0.25, 0.3) is 5.91 Å². The molecule has 0 saturated carbocycles. The normalized spacial score (nSPS) is 17.1. The van der Waals surface area contributed by atoms with Gasteiger partial charge in [0.15, 0.2) is 5.84 Å². The molecule has 28 heavy (non-hydrogen) atoms. The summed E-state index contributed by atoms with van der Waals surface area (Å²) >= 11 is 9.38. The van der Waals surface area contributed by atoms with Gasteiger partial charge in [-0.2, -0.15) is 4.99 Å². The number of halogens is 2. The Hall–Kier alpha value is -2.76. The van der Waals surface area contributed by atoms with E-state index in [9.17, 15) is 4.79 Å². The molecule has 0 bridgehead atoms. The number of amidine groups is 2. The van der Waals surface area contributed by atoms with Crippen molar-refractivity contribution in [3.63, 3.8) is 0 Å². The molecule has 4 rings (SSSR count). The largest absolute Gasteiger partial charge is 0.327 e. The SMILES string of the molecule is O=C(/C=C/c1ccc(Cl)cc1)N=C1N=C2C=CC(Br)=CN2Cc2ccccc21. The van der Waals surface area contributed by atoms with Crippen LogP contribution in [0.25, 0.3) is 6.08 Å². The van der Waals surface area contributed by atoms with E-state index >= 15 is 0 Å². The lowest BCUT2D eigenvalue weighted by Crippen LogP contribution is -2.24. The summed E-state index contributed by atoms with van der Waals surface area (Å²) in [5.41, 5.74) is 2.79. The molecular weight excluding hydrogens is 438 g/mol. The minimum Gasteiger partial charge on any atom is -0.327 e. The summed E-state index contributed by atoms with van der Waals surface area (Å²) in [6.45, 7) is 0.655. The van der Waals surface area contributed by atoms with Crippen molar-refractivity contribution in [1.82, 2.24) is 4.90 Å². The van der Waals surface area contributed by atoms with E-state index in [1.807, 2.05) is 59.7 Å². The fourth-order valence-corrected chi connectivity index (χ4v) is 3.44. The lowest BCUT2D eigenvalue weighted by atomic mass is 10.1. The molecule has 0 atom stereocenters. The maximum atomic E-state index is 12.5. The molecule has 2 aliphatic heterocycles. The fourth-order valence-electron chi connectivity index (χ4n) is 2.93. The van der Waals surface area contributed by atoms with Gasteiger partial charge in [-0.15, -0.1) is 0 Å². The number of rotatable bonds is 2. The Morgan fingerprint density at radius 2 is 1.93 bits per heavy atom. The first-order valence-corrected chi connectivity index (χ1v) is 9.81. The van der Waals surface area contributed by atoms with Gasteiger partial charge in [0.05, 0.1) is 0 Å². The van der Waals surface area contributed by atoms with Gasteiger partial charge >= 0.3 is 0 Å². The quantitative estimate of drug-likeness (QED) is 0.577. The van der Waals surface area contributed by atoms with Crippen molar-refractivity contribution < 1.29 is 4.79 Å². The molecule has 6 heteroatoms. The van der Waals surface area contributed by atoms with Gasteiger partial charge in [0.2, 0.25) is 0 Å². The van der Waals surface area contributed by atoms with E-state index < -0.39 is 0 Å². The third-order valence-electron chi connectivity index (χ3n) is 4.29. The number of fused-ring (bicyclic) bond motifs is 2.